The Kier molecular flexibility index (Phi) is 7.51. The minimum Gasteiger partial charge on any atom is -0.483 e. The molecule has 2 atom stereocenters. The number of ether oxygens (including phenoxy) is 2. The number of hydrogen-bond acceptors (Lipinski definition) is 5. The molecule has 31 heavy (non-hydrogen) atoms. The second-order valence-corrected chi connectivity index (χ2v) is 8.16. The maximum Gasteiger partial charge on any atom is 0.341 e. The van der Waals surface area contributed by atoms with E-state index < -0.39 is 5.97 Å². The highest BCUT2D eigenvalue weighted by Crippen LogP contribution is 2.24. The quantitative estimate of drug-likeness (QED) is 0.630. The van der Waals surface area contributed by atoms with Gasteiger partial charge in [0.15, 0.2) is 6.61 Å². The fourth-order valence-electron chi connectivity index (χ4n) is 3.71. The number of piperazine rings is 1. The molecule has 0 aliphatic carbocycles. The minimum atomic E-state index is -0.582. The van der Waals surface area contributed by atoms with E-state index in [0.29, 0.717) is 24.7 Å². The van der Waals surface area contributed by atoms with Crippen LogP contribution in [0, 0.1) is 5.82 Å². The van der Waals surface area contributed by atoms with E-state index in [-0.39, 0.29) is 41.7 Å². The van der Waals surface area contributed by atoms with Crippen molar-refractivity contribution in [3.05, 3.63) is 64.4 Å². The molecule has 8 heteroatoms. The molecule has 1 fully saturated rings. The molecule has 1 amide bonds. The summed E-state index contributed by atoms with van der Waals surface area (Å²) in [6.07, 6.45) is 0. The molecular weight excluding hydrogens is 423 g/mol. The lowest BCUT2D eigenvalue weighted by molar-refractivity contribution is -0.139. The average Bonchev–Trinajstić information content (AvgIpc) is 2.75. The Bertz CT molecular complexity index is 938. The second kappa shape index (κ2) is 10.1. The number of halogens is 2. The summed E-state index contributed by atoms with van der Waals surface area (Å²) in [5.41, 5.74) is 1.20. The first kappa shape index (κ1) is 23.0. The molecular formula is C23H26ClFN2O4. The smallest absolute Gasteiger partial charge is 0.341 e. The summed E-state index contributed by atoms with van der Waals surface area (Å²) >= 11 is 5.96. The largest absolute Gasteiger partial charge is 0.483 e. The Labute approximate surface area is 186 Å². The van der Waals surface area contributed by atoms with E-state index in [1.807, 2.05) is 6.92 Å². The molecule has 1 saturated heterocycles. The number of hydrogen-bond donors (Lipinski definition) is 0. The number of amides is 1. The van der Waals surface area contributed by atoms with Gasteiger partial charge in [0.1, 0.15) is 17.1 Å². The van der Waals surface area contributed by atoms with Crippen molar-refractivity contribution < 1.29 is 23.5 Å². The molecule has 0 spiro atoms. The number of nitrogens with zero attached hydrogens (tertiary/aromatic N) is 2. The van der Waals surface area contributed by atoms with Gasteiger partial charge in [0.25, 0.3) is 5.91 Å². The molecule has 6 nitrogen and oxygen atoms in total. The van der Waals surface area contributed by atoms with Crippen LogP contribution in [0.4, 0.5) is 4.39 Å². The third-order valence-corrected chi connectivity index (χ3v) is 5.67. The van der Waals surface area contributed by atoms with Crippen LogP contribution < -0.4 is 4.74 Å². The molecule has 0 N–H and O–H groups in total. The first-order valence-electron chi connectivity index (χ1n) is 10.1. The summed E-state index contributed by atoms with van der Waals surface area (Å²) < 4.78 is 23.5. The number of methoxy groups -OCH3 is 1. The second-order valence-electron chi connectivity index (χ2n) is 7.72. The first-order valence-corrected chi connectivity index (χ1v) is 10.4. The Morgan fingerprint density at radius 2 is 1.81 bits per heavy atom. The van der Waals surface area contributed by atoms with Gasteiger partial charge < -0.3 is 14.4 Å². The van der Waals surface area contributed by atoms with Gasteiger partial charge >= 0.3 is 5.97 Å². The van der Waals surface area contributed by atoms with Crippen LogP contribution in [0.1, 0.15) is 29.8 Å². The van der Waals surface area contributed by atoms with Gasteiger partial charge in [-0.15, -0.1) is 0 Å². The maximum absolute atomic E-state index is 13.1. The summed E-state index contributed by atoms with van der Waals surface area (Å²) in [4.78, 5) is 28.9. The molecule has 1 aliphatic heterocycles. The molecule has 1 heterocycles. The molecule has 0 radical (unpaired) electrons. The van der Waals surface area contributed by atoms with Crippen molar-refractivity contribution in [2.75, 3.05) is 26.8 Å². The van der Waals surface area contributed by atoms with Crippen LogP contribution in [0.15, 0.2) is 42.5 Å². The van der Waals surface area contributed by atoms with Crippen LogP contribution in [-0.4, -0.2) is 60.6 Å². The van der Waals surface area contributed by atoms with Crippen LogP contribution in [0.3, 0.4) is 0 Å². The van der Waals surface area contributed by atoms with Gasteiger partial charge in [-0.25, -0.2) is 9.18 Å². The zero-order valence-electron chi connectivity index (χ0n) is 17.8. The van der Waals surface area contributed by atoms with Gasteiger partial charge in [-0.05, 0) is 49.7 Å². The van der Waals surface area contributed by atoms with E-state index in [4.69, 9.17) is 21.1 Å². The normalized spacial score (nSPS) is 19.2. The molecule has 0 unspecified atom stereocenters. The number of benzene rings is 2. The van der Waals surface area contributed by atoms with Gasteiger partial charge in [0.05, 0.1) is 7.11 Å². The van der Waals surface area contributed by atoms with Gasteiger partial charge in [0.2, 0.25) is 0 Å². The van der Waals surface area contributed by atoms with Gasteiger partial charge in [-0.3, -0.25) is 9.69 Å². The standard InChI is InChI=1S/C23H26ClFN2O4/c1-15-12-27(16(2)11-26(15)13-17-4-7-19(25)8-5-17)22(28)14-31-21-9-6-18(24)10-20(21)23(29)30-3/h4-10,15-16H,11-14H2,1-3H3/t15-,16+/m1/s1. The fraction of sp³-hybridized carbons (Fsp3) is 0.391. The monoisotopic (exact) mass is 448 g/mol. The number of esters is 1. The fourth-order valence-corrected chi connectivity index (χ4v) is 3.88. The highest BCUT2D eigenvalue weighted by atomic mass is 35.5. The third-order valence-electron chi connectivity index (χ3n) is 5.43. The van der Waals surface area contributed by atoms with E-state index >= 15 is 0 Å². The molecule has 1 aliphatic rings. The Balaban J connectivity index is 1.61. The van der Waals surface area contributed by atoms with Crippen molar-refractivity contribution in [2.45, 2.75) is 32.5 Å². The molecule has 3 rings (SSSR count). The lowest BCUT2D eigenvalue weighted by Crippen LogP contribution is -2.58. The van der Waals surface area contributed by atoms with E-state index in [0.717, 1.165) is 5.56 Å². The van der Waals surface area contributed by atoms with Crippen molar-refractivity contribution in [3.63, 3.8) is 0 Å². The summed E-state index contributed by atoms with van der Waals surface area (Å²) in [6, 6.07) is 11.2. The summed E-state index contributed by atoms with van der Waals surface area (Å²) in [6.45, 7) is 5.79. The Hall–Kier alpha value is -2.64. The number of rotatable bonds is 6. The highest BCUT2D eigenvalue weighted by molar-refractivity contribution is 6.31. The summed E-state index contributed by atoms with van der Waals surface area (Å²) in [5, 5.41) is 0.374. The first-order chi connectivity index (χ1) is 14.8. The minimum absolute atomic E-state index is 0.0157. The van der Waals surface area contributed by atoms with E-state index in [1.54, 1.807) is 29.2 Å². The lowest BCUT2D eigenvalue weighted by atomic mass is 10.1. The van der Waals surface area contributed by atoms with E-state index in [9.17, 15) is 14.0 Å². The predicted molar refractivity (Wildman–Crippen MR) is 116 cm³/mol. The van der Waals surface area contributed by atoms with Crippen LogP contribution >= 0.6 is 11.6 Å². The molecule has 0 aromatic heterocycles. The lowest BCUT2D eigenvalue weighted by Gasteiger charge is -2.44. The van der Waals surface area contributed by atoms with Gasteiger partial charge in [0, 0.05) is 36.7 Å². The van der Waals surface area contributed by atoms with Crippen molar-refractivity contribution in [2.24, 2.45) is 0 Å². The summed E-state index contributed by atoms with van der Waals surface area (Å²) in [7, 11) is 1.27. The van der Waals surface area contributed by atoms with Crippen molar-refractivity contribution in [1.29, 1.82) is 0 Å². The van der Waals surface area contributed by atoms with Gasteiger partial charge in [-0.2, -0.15) is 0 Å². The average molecular weight is 449 g/mol. The number of carbonyl (C=O) groups excluding carboxylic acids is 2. The predicted octanol–water partition coefficient (Wildman–Crippen LogP) is 3.77. The van der Waals surface area contributed by atoms with Crippen LogP contribution in [0.25, 0.3) is 0 Å². The molecule has 2 aromatic carbocycles. The topological polar surface area (TPSA) is 59.1 Å². The Morgan fingerprint density at radius 3 is 2.48 bits per heavy atom. The van der Waals surface area contributed by atoms with Crippen molar-refractivity contribution in [1.82, 2.24) is 9.80 Å². The third kappa shape index (κ3) is 5.74. The highest BCUT2D eigenvalue weighted by Gasteiger charge is 2.32. The molecule has 0 saturated carbocycles. The van der Waals surface area contributed by atoms with E-state index in [1.165, 1.54) is 25.3 Å². The Morgan fingerprint density at radius 1 is 1.10 bits per heavy atom. The number of carbonyl (C=O) groups is 2. The van der Waals surface area contributed by atoms with Crippen molar-refractivity contribution >= 4 is 23.5 Å². The molecule has 2 aromatic rings. The SMILES string of the molecule is COC(=O)c1cc(Cl)ccc1OCC(=O)N1C[C@@H](C)N(Cc2ccc(F)cc2)C[C@@H]1C. The van der Waals surface area contributed by atoms with Crippen molar-refractivity contribution in [3.8, 4) is 5.75 Å². The zero-order chi connectivity index (χ0) is 22.5. The summed E-state index contributed by atoms with van der Waals surface area (Å²) in [5.74, 6) is -0.746. The van der Waals surface area contributed by atoms with Crippen LogP contribution in [0.5, 0.6) is 5.75 Å². The zero-order valence-corrected chi connectivity index (χ0v) is 18.6. The molecule has 0 bridgehead atoms. The van der Waals surface area contributed by atoms with E-state index in [2.05, 4.69) is 11.8 Å². The van der Waals surface area contributed by atoms with Crippen LogP contribution in [0.2, 0.25) is 5.02 Å². The van der Waals surface area contributed by atoms with Crippen LogP contribution in [-0.2, 0) is 16.1 Å². The van der Waals surface area contributed by atoms with Gasteiger partial charge in [-0.1, -0.05) is 23.7 Å². The maximum atomic E-state index is 13.1. The molecule has 166 valence electrons.